The van der Waals surface area contributed by atoms with Crippen LogP contribution in [0.5, 0.6) is 0 Å². The van der Waals surface area contributed by atoms with Crippen molar-refractivity contribution in [3.63, 3.8) is 0 Å². The van der Waals surface area contributed by atoms with Crippen LogP contribution in [0, 0.1) is 0 Å². The zero-order valence-corrected chi connectivity index (χ0v) is 13.7. The van der Waals surface area contributed by atoms with Crippen molar-refractivity contribution in [2.24, 2.45) is 0 Å². The highest BCUT2D eigenvalue weighted by Gasteiger charge is 2.15. The highest BCUT2D eigenvalue weighted by molar-refractivity contribution is 7.98. The average Bonchev–Trinajstić information content (AvgIpc) is 2.38. The molecule has 0 amide bonds. The highest BCUT2D eigenvalue weighted by Crippen LogP contribution is 2.22. The molecule has 1 aromatic carbocycles. The zero-order valence-electron chi connectivity index (χ0n) is 12.9. The molecule has 0 aliphatic carbocycles. The smallest absolute Gasteiger partial charge is 0.00967 e. The van der Waals surface area contributed by atoms with Gasteiger partial charge >= 0.3 is 0 Å². The molecule has 1 unspecified atom stereocenters. The van der Waals surface area contributed by atoms with E-state index in [4.69, 9.17) is 0 Å². The van der Waals surface area contributed by atoms with E-state index in [0.717, 1.165) is 6.54 Å². The van der Waals surface area contributed by atoms with E-state index in [1.165, 1.54) is 30.6 Å². The minimum atomic E-state index is 0.201. The summed E-state index contributed by atoms with van der Waals surface area (Å²) in [5.41, 5.74) is 1.68. The topological polar surface area (TPSA) is 12.0 Å². The summed E-state index contributed by atoms with van der Waals surface area (Å²) in [6.07, 6.45) is 6.13. The Hall–Kier alpha value is -0.470. The summed E-state index contributed by atoms with van der Waals surface area (Å²) in [6, 6.07) is 10.9. The average molecular weight is 279 g/mol. The number of hydrogen-bond donors (Lipinski definition) is 1. The Morgan fingerprint density at radius 1 is 1.11 bits per heavy atom. The molecule has 0 heterocycles. The molecule has 108 valence electrons. The van der Waals surface area contributed by atoms with Gasteiger partial charge in [-0.3, -0.25) is 0 Å². The third kappa shape index (κ3) is 7.64. The number of nitrogens with one attached hydrogen (secondary N) is 1. The number of benzene rings is 1. The number of unbranched alkanes of at least 4 members (excludes halogenated alkanes) is 1. The minimum Gasteiger partial charge on any atom is -0.311 e. The molecular formula is C17H29NS. The monoisotopic (exact) mass is 279 g/mol. The van der Waals surface area contributed by atoms with E-state index in [1.54, 1.807) is 0 Å². The first-order chi connectivity index (χ1) is 9.03. The van der Waals surface area contributed by atoms with Gasteiger partial charge in [0.05, 0.1) is 0 Å². The minimum absolute atomic E-state index is 0.201. The molecule has 1 nitrogen and oxygen atoms in total. The SMILES string of the molecule is CSCCCCC(CNC(C)(C)C)c1ccccc1. The molecule has 0 saturated heterocycles. The predicted octanol–water partition coefficient (Wildman–Crippen LogP) is 4.69. The van der Waals surface area contributed by atoms with Crippen molar-refractivity contribution in [2.75, 3.05) is 18.6 Å². The van der Waals surface area contributed by atoms with Crippen LogP contribution in [0.2, 0.25) is 0 Å². The maximum atomic E-state index is 3.66. The van der Waals surface area contributed by atoms with Crippen LogP contribution in [0.1, 0.15) is 51.5 Å². The van der Waals surface area contributed by atoms with Crippen LogP contribution in [-0.2, 0) is 0 Å². The summed E-state index contributed by atoms with van der Waals surface area (Å²) in [6.45, 7) is 7.79. The van der Waals surface area contributed by atoms with Gasteiger partial charge in [0.1, 0.15) is 0 Å². The van der Waals surface area contributed by atoms with E-state index in [-0.39, 0.29) is 5.54 Å². The fourth-order valence-electron chi connectivity index (χ4n) is 2.18. The zero-order chi connectivity index (χ0) is 14.1. The molecule has 0 aliphatic heterocycles. The van der Waals surface area contributed by atoms with Gasteiger partial charge < -0.3 is 5.32 Å². The molecule has 0 aliphatic rings. The maximum absolute atomic E-state index is 3.66. The molecule has 1 aromatic rings. The lowest BCUT2D eigenvalue weighted by atomic mass is 9.92. The lowest BCUT2D eigenvalue weighted by Gasteiger charge is -2.25. The largest absolute Gasteiger partial charge is 0.311 e. The third-order valence-electron chi connectivity index (χ3n) is 3.30. The van der Waals surface area contributed by atoms with Gasteiger partial charge in [-0.15, -0.1) is 0 Å². The van der Waals surface area contributed by atoms with Crippen LogP contribution >= 0.6 is 11.8 Å². The lowest BCUT2D eigenvalue weighted by Crippen LogP contribution is -2.38. The molecular weight excluding hydrogens is 250 g/mol. The summed E-state index contributed by atoms with van der Waals surface area (Å²) < 4.78 is 0. The highest BCUT2D eigenvalue weighted by atomic mass is 32.2. The molecule has 1 N–H and O–H groups in total. The fraction of sp³-hybridized carbons (Fsp3) is 0.647. The molecule has 0 fully saturated rings. The van der Waals surface area contributed by atoms with Gasteiger partial charge in [-0.1, -0.05) is 36.8 Å². The van der Waals surface area contributed by atoms with Gasteiger partial charge in [0.2, 0.25) is 0 Å². The van der Waals surface area contributed by atoms with Crippen molar-refractivity contribution in [3.8, 4) is 0 Å². The molecule has 19 heavy (non-hydrogen) atoms. The summed E-state index contributed by atoms with van der Waals surface area (Å²) >= 11 is 1.95. The summed E-state index contributed by atoms with van der Waals surface area (Å²) in [5, 5.41) is 3.66. The first kappa shape index (κ1) is 16.6. The Bertz CT molecular complexity index is 329. The van der Waals surface area contributed by atoms with Gasteiger partial charge in [0.25, 0.3) is 0 Å². The van der Waals surface area contributed by atoms with Crippen LogP contribution in [-0.4, -0.2) is 24.1 Å². The Morgan fingerprint density at radius 2 is 1.79 bits per heavy atom. The van der Waals surface area contributed by atoms with Crippen LogP contribution in [0.15, 0.2) is 30.3 Å². The van der Waals surface area contributed by atoms with Crippen LogP contribution in [0.3, 0.4) is 0 Å². The molecule has 0 spiro atoms. The second kappa shape index (κ2) is 8.65. The lowest BCUT2D eigenvalue weighted by molar-refractivity contribution is 0.396. The van der Waals surface area contributed by atoms with E-state index in [0.29, 0.717) is 5.92 Å². The Labute approximate surface area is 123 Å². The van der Waals surface area contributed by atoms with E-state index in [1.807, 2.05) is 11.8 Å². The van der Waals surface area contributed by atoms with Crippen molar-refractivity contribution < 1.29 is 0 Å². The summed E-state index contributed by atoms with van der Waals surface area (Å²) in [7, 11) is 0. The first-order valence-corrected chi connectivity index (χ1v) is 8.71. The maximum Gasteiger partial charge on any atom is 0.00967 e. The Balaban J connectivity index is 2.53. The van der Waals surface area contributed by atoms with Crippen LogP contribution in [0.25, 0.3) is 0 Å². The molecule has 0 radical (unpaired) electrons. The van der Waals surface area contributed by atoms with Crippen molar-refractivity contribution in [3.05, 3.63) is 35.9 Å². The predicted molar refractivity (Wildman–Crippen MR) is 89.2 cm³/mol. The first-order valence-electron chi connectivity index (χ1n) is 7.32. The van der Waals surface area contributed by atoms with Crippen LogP contribution in [0.4, 0.5) is 0 Å². The molecule has 2 heteroatoms. The van der Waals surface area contributed by atoms with E-state index in [2.05, 4.69) is 62.7 Å². The quantitative estimate of drug-likeness (QED) is 0.693. The van der Waals surface area contributed by atoms with Crippen molar-refractivity contribution in [2.45, 2.75) is 51.5 Å². The second-order valence-electron chi connectivity index (χ2n) is 6.23. The molecule has 1 atom stereocenters. The van der Waals surface area contributed by atoms with Gasteiger partial charge in [0, 0.05) is 12.1 Å². The molecule has 0 saturated carbocycles. The standard InChI is InChI=1S/C17H29NS/c1-17(2,3)18-14-16(12-8-9-13-19-4)15-10-6-5-7-11-15/h5-7,10-11,16,18H,8-9,12-14H2,1-4H3. The van der Waals surface area contributed by atoms with Gasteiger partial charge in [0.15, 0.2) is 0 Å². The second-order valence-corrected chi connectivity index (χ2v) is 7.21. The van der Waals surface area contributed by atoms with E-state index < -0.39 is 0 Å². The van der Waals surface area contributed by atoms with Gasteiger partial charge in [-0.05, 0) is 57.1 Å². The molecule has 0 bridgehead atoms. The summed E-state index contributed by atoms with van der Waals surface area (Å²) in [5.74, 6) is 1.93. The van der Waals surface area contributed by atoms with Gasteiger partial charge in [-0.2, -0.15) is 11.8 Å². The summed E-state index contributed by atoms with van der Waals surface area (Å²) in [4.78, 5) is 0. The Kier molecular flexibility index (Phi) is 7.55. The number of rotatable bonds is 8. The van der Waals surface area contributed by atoms with Crippen molar-refractivity contribution >= 4 is 11.8 Å². The molecule has 1 rings (SSSR count). The molecule has 0 aromatic heterocycles. The number of thioether (sulfide) groups is 1. The number of hydrogen-bond acceptors (Lipinski definition) is 2. The van der Waals surface area contributed by atoms with E-state index in [9.17, 15) is 0 Å². The normalized spacial score (nSPS) is 13.5. The van der Waals surface area contributed by atoms with Crippen LogP contribution < -0.4 is 5.32 Å². The van der Waals surface area contributed by atoms with Crippen molar-refractivity contribution in [1.82, 2.24) is 5.32 Å². The van der Waals surface area contributed by atoms with Gasteiger partial charge in [-0.25, -0.2) is 0 Å². The third-order valence-corrected chi connectivity index (χ3v) is 4.00. The van der Waals surface area contributed by atoms with E-state index >= 15 is 0 Å². The Morgan fingerprint density at radius 3 is 2.37 bits per heavy atom. The fourth-order valence-corrected chi connectivity index (χ4v) is 2.67. The van der Waals surface area contributed by atoms with Crippen molar-refractivity contribution in [1.29, 1.82) is 0 Å².